The van der Waals surface area contributed by atoms with E-state index in [1.165, 1.54) is 32.1 Å². The van der Waals surface area contributed by atoms with Crippen LogP contribution >= 0.6 is 0 Å². The lowest BCUT2D eigenvalue weighted by atomic mass is 9.46. The Kier molecular flexibility index (Phi) is 4.32. The highest BCUT2D eigenvalue weighted by Crippen LogP contribution is 2.61. The van der Waals surface area contributed by atoms with E-state index in [-0.39, 0.29) is 0 Å². The van der Waals surface area contributed by atoms with Crippen LogP contribution in [0.5, 0.6) is 0 Å². The molecule has 0 spiro atoms. The standard InChI is InChI=1S/C17H32O2/c1-12-7-8-14-16(2,3)9-6-10-17(14,4)13(12)11-15(18)19-5/h12-15,18H,6-11H2,1-5H3/t12-,13-,14?,15+,17+/m0/s1. The van der Waals surface area contributed by atoms with Crippen molar-refractivity contribution in [1.82, 2.24) is 0 Å². The molecule has 2 fully saturated rings. The molecule has 0 aromatic rings. The number of fused-ring (bicyclic) bond motifs is 1. The van der Waals surface area contributed by atoms with Crippen LogP contribution in [0.4, 0.5) is 0 Å². The van der Waals surface area contributed by atoms with Crippen molar-refractivity contribution < 1.29 is 9.84 Å². The molecule has 5 atom stereocenters. The topological polar surface area (TPSA) is 29.5 Å². The number of aliphatic hydroxyl groups is 1. The second kappa shape index (κ2) is 5.37. The van der Waals surface area contributed by atoms with Gasteiger partial charge in [-0.2, -0.15) is 0 Å². The normalized spacial score (nSPS) is 43.6. The Bertz CT molecular complexity index is 312. The van der Waals surface area contributed by atoms with Crippen molar-refractivity contribution in [3.05, 3.63) is 0 Å². The van der Waals surface area contributed by atoms with E-state index in [0.717, 1.165) is 12.3 Å². The predicted molar refractivity (Wildman–Crippen MR) is 78.7 cm³/mol. The summed E-state index contributed by atoms with van der Waals surface area (Å²) in [6.07, 6.45) is 6.92. The van der Waals surface area contributed by atoms with Crippen LogP contribution in [0.2, 0.25) is 0 Å². The van der Waals surface area contributed by atoms with E-state index in [1.54, 1.807) is 7.11 Å². The van der Waals surface area contributed by atoms with Crippen LogP contribution in [-0.2, 0) is 4.74 Å². The summed E-state index contributed by atoms with van der Waals surface area (Å²) in [6.45, 7) is 9.77. The molecular weight excluding hydrogens is 236 g/mol. The van der Waals surface area contributed by atoms with Gasteiger partial charge in [0.05, 0.1) is 0 Å². The average molecular weight is 268 g/mol. The molecule has 0 aliphatic heterocycles. The van der Waals surface area contributed by atoms with Crippen LogP contribution in [0.25, 0.3) is 0 Å². The Morgan fingerprint density at radius 2 is 1.89 bits per heavy atom. The lowest BCUT2D eigenvalue weighted by molar-refractivity contribution is -0.145. The van der Waals surface area contributed by atoms with E-state index >= 15 is 0 Å². The smallest absolute Gasteiger partial charge is 0.154 e. The SMILES string of the molecule is CO[C@@H](O)C[C@H]1[C@@H](C)CCC2C(C)(C)CCC[C@@]21C. The quantitative estimate of drug-likeness (QED) is 0.777. The second-order valence-electron chi connectivity index (χ2n) is 7.99. The van der Waals surface area contributed by atoms with Crippen LogP contribution in [0.3, 0.4) is 0 Å². The fourth-order valence-electron chi connectivity index (χ4n) is 5.43. The van der Waals surface area contributed by atoms with Gasteiger partial charge in [-0.3, -0.25) is 0 Å². The van der Waals surface area contributed by atoms with E-state index in [0.29, 0.717) is 22.7 Å². The van der Waals surface area contributed by atoms with Crippen LogP contribution in [0, 0.1) is 28.6 Å². The zero-order chi connectivity index (χ0) is 14.3. The summed E-state index contributed by atoms with van der Waals surface area (Å²) in [5, 5.41) is 9.94. The van der Waals surface area contributed by atoms with Crippen molar-refractivity contribution in [2.24, 2.45) is 28.6 Å². The first kappa shape index (κ1) is 15.3. The Labute approximate surface area is 118 Å². The highest BCUT2D eigenvalue weighted by Gasteiger charge is 2.53. The zero-order valence-electron chi connectivity index (χ0n) is 13.4. The summed E-state index contributed by atoms with van der Waals surface area (Å²) in [7, 11) is 1.61. The summed E-state index contributed by atoms with van der Waals surface area (Å²) < 4.78 is 5.13. The van der Waals surface area contributed by atoms with Gasteiger partial charge in [-0.05, 0) is 47.8 Å². The number of hydrogen-bond donors (Lipinski definition) is 1. The van der Waals surface area contributed by atoms with Crippen LogP contribution in [0.1, 0.15) is 66.2 Å². The largest absolute Gasteiger partial charge is 0.368 e. The molecule has 2 aliphatic rings. The minimum Gasteiger partial charge on any atom is -0.368 e. The van der Waals surface area contributed by atoms with E-state index in [1.807, 2.05) is 0 Å². The van der Waals surface area contributed by atoms with Crippen LogP contribution in [0.15, 0.2) is 0 Å². The third-order valence-corrected chi connectivity index (χ3v) is 6.45. The van der Waals surface area contributed by atoms with Crippen LogP contribution < -0.4 is 0 Å². The Morgan fingerprint density at radius 1 is 1.21 bits per heavy atom. The van der Waals surface area contributed by atoms with Crippen LogP contribution in [-0.4, -0.2) is 18.5 Å². The van der Waals surface area contributed by atoms with Gasteiger partial charge in [0.15, 0.2) is 6.29 Å². The number of rotatable bonds is 3. The lowest BCUT2D eigenvalue weighted by Gasteiger charge is -2.59. The number of methoxy groups -OCH3 is 1. The van der Waals surface area contributed by atoms with Crippen molar-refractivity contribution in [3.63, 3.8) is 0 Å². The molecule has 2 heteroatoms. The molecule has 112 valence electrons. The molecule has 1 unspecified atom stereocenters. The van der Waals surface area contributed by atoms with Crippen molar-refractivity contribution in [2.45, 2.75) is 72.5 Å². The monoisotopic (exact) mass is 268 g/mol. The molecule has 2 aliphatic carbocycles. The van der Waals surface area contributed by atoms with Crippen molar-refractivity contribution in [2.75, 3.05) is 7.11 Å². The minimum atomic E-state index is -0.590. The maximum absolute atomic E-state index is 9.94. The molecule has 0 aromatic carbocycles. The molecule has 0 saturated heterocycles. The first-order valence-electron chi connectivity index (χ1n) is 8.02. The second-order valence-corrected chi connectivity index (χ2v) is 7.99. The van der Waals surface area contributed by atoms with Crippen molar-refractivity contribution in [3.8, 4) is 0 Å². The zero-order valence-corrected chi connectivity index (χ0v) is 13.4. The lowest BCUT2D eigenvalue weighted by Crippen LogP contribution is -2.51. The summed E-state index contributed by atoms with van der Waals surface area (Å²) in [4.78, 5) is 0. The Balaban J connectivity index is 2.24. The van der Waals surface area contributed by atoms with Gasteiger partial charge in [0.2, 0.25) is 0 Å². The first-order chi connectivity index (χ1) is 8.81. The summed E-state index contributed by atoms with van der Waals surface area (Å²) in [5.41, 5.74) is 0.850. The molecule has 19 heavy (non-hydrogen) atoms. The first-order valence-corrected chi connectivity index (χ1v) is 8.02. The highest BCUT2D eigenvalue weighted by atomic mass is 16.6. The maximum atomic E-state index is 9.94. The molecule has 0 amide bonds. The van der Waals surface area contributed by atoms with Gasteiger partial charge < -0.3 is 9.84 Å². The summed E-state index contributed by atoms with van der Waals surface area (Å²) in [6, 6.07) is 0. The third kappa shape index (κ3) is 2.71. The van der Waals surface area contributed by atoms with Gasteiger partial charge >= 0.3 is 0 Å². The molecular formula is C17H32O2. The number of aliphatic hydroxyl groups excluding tert-OH is 1. The molecule has 0 bridgehead atoms. The molecule has 0 aromatic heterocycles. The number of hydrogen-bond acceptors (Lipinski definition) is 2. The highest BCUT2D eigenvalue weighted by molar-refractivity contribution is 5.02. The molecule has 2 nitrogen and oxygen atoms in total. The van der Waals surface area contributed by atoms with E-state index in [9.17, 15) is 5.11 Å². The fourth-order valence-corrected chi connectivity index (χ4v) is 5.43. The van der Waals surface area contributed by atoms with E-state index in [2.05, 4.69) is 27.7 Å². The summed E-state index contributed by atoms with van der Waals surface area (Å²) >= 11 is 0. The third-order valence-electron chi connectivity index (χ3n) is 6.45. The maximum Gasteiger partial charge on any atom is 0.154 e. The Morgan fingerprint density at radius 3 is 2.53 bits per heavy atom. The van der Waals surface area contributed by atoms with E-state index in [4.69, 9.17) is 4.74 Å². The van der Waals surface area contributed by atoms with Gasteiger partial charge in [0, 0.05) is 13.5 Å². The van der Waals surface area contributed by atoms with E-state index < -0.39 is 6.29 Å². The minimum absolute atomic E-state index is 0.388. The molecule has 2 rings (SSSR count). The van der Waals surface area contributed by atoms with Crippen molar-refractivity contribution in [1.29, 1.82) is 0 Å². The fraction of sp³-hybridized carbons (Fsp3) is 1.00. The van der Waals surface area contributed by atoms with Gasteiger partial charge in [-0.15, -0.1) is 0 Å². The molecule has 0 radical (unpaired) electrons. The summed E-state index contributed by atoms with van der Waals surface area (Å²) in [5.74, 6) is 2.11. The van der Waals surface area contributed by atoms with Crippen molar-refractivity contribution >= 4 is 0 Å². The Hall–Kier alpha value is -0.0800. The predicted octanol–water partition coefficient (Wildman–Crippen LogP) is 4.22. The van der Waals surface area contributed by atoms with Gasteiger partial charge in [0.25, 0.3) is 0 Å². The molecule has 2 saturated carbocycles. The van der Waals surface area contributed by atoms with Gasteiger partial charge in [-0.1, -0.05) is 40.5 Å². The molecule has 1 N–H and O–H groups in total. The number of ether oxygens (including phenoxy) is 1. The molecule has 0 heterocycles. The van der Waals surface area contributed by atoms with Gasteiger partial charge in [0.1, 0.15) is 0 Å². The average Bonchev–Trinajstić information content (AvgIpc) is 2.32. The van der Waals surface area contributed by atoms with Gasteiger partial charge in [-0.25, -0.2) is 0 Å².